The fraction of sp³-hybridized carbons (Fsp3) is 0.300. The summed E-state index contributed by atoms with van der Waals surface area (Å²) >= 11 is 0. The molecule has 0 radical (unpaired) electrons. The van der Waals surface area contributed by atoms with Crippen LogP contribution in [-0.4, -0.2) is 39.1 Å². The van der Waals surface area contributed by atoms with E-state index in [9.17, 15) is 9.59 Å². The van der Waals surface area contributed by atoms with Gasteiger partial charge in [-0.1, -0.05) is 12.1 Å². The second-order valence-corrected chi connectivity index (χ2v) is 6.53. The molecule has 0 atom stereocenters. The van der Waals surface area contributed by atoms with Crippen molar-refractivity contribution in [2.75, 3.05) is 31.4 Å². The van der Waals surface area contributed by atoms with Gasteiger partial charge in [-0.2, -0.15) is 0 Å². The van der Waals surface area contributed by atoms with Gasteiger partial charge in [-0.3, -0.25) is 9.59 Å². The molecule has 3 rings (SSSR count). The summed E-state index contributed by atoms with van der Waals surface area (Å²) in [5.41, 5.74) is 2.35. The third kappa shape index (κ3) is 3.96. The Kier molecular flexibility index (Phi) is 5.11. The maximum Gasteiger partial charge on any atom is 0.259 e. The number of nitrogens with one attached hydrogen (secondary N) is 2. The fourth-order valence-electron chi connectivity index (χ4n) is 2.71. The molecule has 2 aromatic rings. The van der Waals surface area contributed by atoms with Gasteiger partial charge in [0.05, 0.1) is 18.2 Å². The summed E-state index contributed by atoms with van der Waals surface area (Å²) in [4.78, 5) is 27.0. The van der Waals surface area contributed by atoms with Crippen LogP contribution in [0.25, 0.3) is 0 Å². The Morgan fingerprint density at radius 3 is 2.42 bits per heavy atom. The summed E-state index contributed by atoms with van der Waals surface area (Å²) < 4.78 is 5.24. The van der Waals surface area contributed by atoms with Crippen LogP contribution >= 0.6 is 0 Å². The Morgan fingerprint density at radius 2 is 1.77 bits per heavy atom. The molecule has 6 heteroatoms. The first kappa shape index (κ1) is 17.8. The lowest BCUT2D eigenvalue weighted by molar-refractivity contribution is 0.0950. The molecular weight excluding hydrogens is 330 g/mol. The van der Waals surface area contributed by atoms with E-state index in [4.69, 9.17) is 4.74 Å². The molecule has 0 aromatic heterocycles. The molecule has 0 unspecified atom stereocenters. The minimum atomic E-state index is -0.284. The Bertz CT molecular complexity index is 829. The van der Waals surface area contributed by atoms with E-state index in [1.54, 1.807) is 30.3 Å². The zero-order valence-electron chi connectivity index (χ0n) is 15.2. The van der Waals surface area contributed by atoms with E-state index in [1.165, 1.54) is 7.11 Å². The molecule has 0 bridgehead atoms. The van der Waals surface area contributed by atoms with Gasteiger partial charge in [-0.15, -0.1) is 0 Å². The molecule has 0 spiro atoms. The third-order valence-corrected chi connectivity index (χ3v) is 4.25. The van der Waals surface area contributed by atoms with Crippen molar-refractivity contribution in [1.82, 2.24) is 5.32 Å². The van der Waals surface area contributed by atoms with Gasteiger partial charge in [-0.05, 0) is 43.2 Å². The molecule has 26 heavy (non-hydrogen) atoms. The number of para-hydroxylation sites is 1. The van der Waals surface area contributed by atoms with E-state index in [0.717, 1.165) is 18.5 Å². The molecular formula is C20H23N3O3. The molecule has 2 aromatic carbocycles. The summed E-state index contributed by atoms with van der Waals surface area (Å²) in [6, 6.07) is 12.6. The second-order valence-electron chi connectivity index (χ2n) is 6.53. The normalized spacial score (nSPS) is 13.0. The van der Waals surface area contributed by atoms with Crippen LogP contribution in [0.3, 0.4) is 0 Å². The molecule has 0 saturated heterocycles. The lowest BCUT2D eigenvalue weighted by Crippen LogP contribution is -2.27. The number of hydrogen-bond acceptors (Lipinski definition) is 4. The largest absolute Gasteiger partial charge is 0.496 e. The number of benzene rings is 2. The highest BCUT2D eigenvalue weighted by Gasteiger charge is 2.25. The first-order chi connectivity index (χ1) is 12.5. The number of hydrogen-bond donors (Lipinski definition) is 2. The molecule has 0 heterocycles. The van der Waals surface area contributed by atoms with E-state index in [1.807, 2.05) is 31.1 Å². The van der Waals surface area contributed by atoms with Gasteiger partial charge < -0.3 is 20.3 Å². The number of rotatable bonds is 6. The average molecular weight is 353 g/mol. The van der Waals surface area contributed by atoms with Crippen LogP contribution in [0.15, 0.2) is 42.5 Å². The van der Waals surface area contributed by atoms with E-state index < -0.39 is 0 Å². The van der Waals surface area contributed by atoms with Gasteiger partial charge in [0, 0.05) is 31.5 Å². The Balaban J connectivity index is 1.85. The van der Waals surface area contributed by atoms with Crippen molar-refractivity contribution in [2.24, 2.45) is 0 Å². The van der Waals surface area contributed by atoms with Crippen LogP contribution in [0.1, 0.15) is 33.6 Å². The number of carbonyl (C=O) groups excluding carboxylic acids is 2. The molecule has 2 N–H and O–H groups in total. The van der Waals surface area contributed by atoms with Crippen molar-refractivity contribution in [2.45, 2.75) is 18.9 Å². The summed E-state index contributed by atoms with van der Waals surface area (Å²) in [7, 11) is 5.30. The number of amides is 2. The standard InChI is InChI=1S/C20H23N3O3/c1-23(2)17-11-10-14(12-16(17)20(25)21-13-8-9-13)22-19(24)15-6-4-5-7-18(15)26-3/h4-7,10-13H,8-9H2,1-3H3,(H,21,25)(H,22,24). The lowest BCUT2D eigenvalue weighted by Gasteiger charge is -2.18. The van der Waals surface area contributed by atoms with Crippen LogP contribution in [0.4, 0.5) is 11.4 Å². The molecule has 1 aliphatic rings. The van der Waals surface area contributed by atoms with E-state index in [2.05, 4.69) is 10.6 Å². The minimum Gasteiger partial charge on any atom is -0.496 e. The summed E-state index contributed by atoms with van der Waals surface area (Å²) in [5.74, 6) is 0.0970. The second kappa shape index (κ2) is 7.47. The molecule has 136 valence electrons. The van der Waals surface area contributed by atoms with Crippen LogP contribution in [-0.2, 0) is 0 Å². The average Bonchev–Trinajstić information content (AvgIpc) is 3.45. The van der Waals surface area contributed by atoms with Crippen LogP contribution in [0.5, 0.6) is 5.75 Å². The van der Waals surface area contributed by atoms with E-state index in [0.29, 0.717) is 22.6 Å². The van der Waals surface area contributed by atoms with Gasteiger partial charge in [0.1, 0.15) is 5.75 Å². The number of nitrogens with zero attached hydrogens (tertiary/aromatic N) is 1. The highest BCUT2D eigenvalue weighted by molar-refractivity contribution is 6.07. The molecule has 2 amide bonds. The minimum absolute atomic E-state index is 0.121. The quantitative estimate of drug-likeness (QED) is 0.838. The van der Waals surface area contributed by atoms with E-state index >= 15 is 0 Å². The molecule has 1 saturated carbocycles. The molecule has 6 nitrogen and oxygen atoms in total. The number of ether oxygens (including phenoxy) is 1. The zero-order valence-corrected chi connectivity index (χ0v) is 15.2. The number of carbonyl (C=O) groups is 2. The predicted octanol–water partition coefficient (Wildman–Crippen LogP) is 2.91. The maximum atomic E-state index is 12.6. The smallest absolute Gasteiger partial charge is 0.259 e. The highest BCUT2D eigenvalue weighted by Crippen LogP contribution is 2.26. The lowest BCUT2D eigenvalue weighted by atomic mass is 10.1. The summed E-state index contributed by atoms with van der Waals surface area (Å²) in [5, 5.41) is 5.84. The van der Waals surface area contributed by atoms with Crippen molar-refractivity contribution >= 4 is 23.2 Å². The van der Waals surface area contributed by atoms with Gasteiger partial charge in [0.25, 0.3) is 11.8 Å². The molecule has 1 aliphatic carbocycles. The van der Waals surface area contributed by atoms with Crippen LogP contribution in [0, 0.1) is 0 Å². The first-order valence-corrected chi connectivity index (χ1v) is 8.56. The Morgan fingerprint density at radius 1 is 1.04 bits per heavy atom. The highest BCUT2D eigenvalue weighted by atomic mass is 16.5. The Hall–Kier alpha value is -3.02. The predicted molar refractivity (Wildman–Crippen MR) is 102 cm³/mol. The third-order valence-electron chi connectivity index (χ3n) is 4.25. The van der Waals surface area contributed by atoms with Crippen molar-refractivity contribution in [1.29, 1.82) is 0 Å². The summed E-state index contributed by atoms with van der Waals surface area (Å²) in [6.07, 6.45) is 2.04. The van der Waals surface area contributed by atoms with Crippen molar-refractivity contribution in [3.05, 3.63) is 53.6 Å². The number of methoxy groups -OCH3 is 1. The van der Waals surface area contributed by atoms with Crippen molar-refractivity contribution in [3.8, 4) is 5.75 Å². The zero-order chi connectivity index (χ0) is 18.7. The molecule has 1 fully saturated rings. The Labute approximate surface area is 153 Å². The monoisotopic (exact) mass is 353 g/mol. The number of anilines is 2. The first-order valence-electron chi connectivity index (χ1n) is 8.56. The van der Waals surface area contributed by atoms with Gasteiger partial charge in [0.15, 0.2) is 0 Å². The maximum absolute atomic E-state index is 12.6. The fourth-order valence-corrected chi connectivity index (χ4v) is 2.71. The van der Waals surface area contributed by atoms with Gasteiger partial charge in [0.2, 0.25) is 0 Å². The SMILES string of the molecule is COc1ccccc1C(=O)Nc1ccc(N(C)C)c(C(=O)NC2CC2)c1. The van der Waals surface area contributed by atoms with Crippen molar-refractivity contribution in [3.63, 3.8) is 0 Å². The van der Waals surface area contributed by atoms with Crippen LogP contribution < -0.4 is 20.3 Å². The van der Waals surface area contributed by atoms with Gasteiger partial charge in [-0.25, -0.2) is 0 Å². The van der Waals surface area contributed by atoms with Crippen LogP contribution in [0.2, 0.25) is 0 Å². The summed E-state index contributed by atoms with van der Waals surface area (Å²) in [6.45, 7) is 0. The van der Waals surface area contributed by atoms with Crippen molar-refractivity contribution < 1.29 is 14.3 Å². The van der Waals surface area contributed by atoms with E-state index in [-0.39, 0.29) is 17.9 Å². The van der Waals surface area contributed by atoms with Gasteiger partial charge >= 0.3 is 0 Å². The topological polar surface area (TPSA) is 70.7 Å². The molecule has 0 aliphatic heterocycles.